The van der Waals surface area contributed by atoms with Crippen LogP contribution in [0.2, 0.25) is 0 Å². The smallest absolute Gasteiger partial charge is 0.286 e. The summed E-state index contributed by atoms with van der Waals surface area (Å²) in [5.41, 5.74) is 3.89. The highest BCUT2D eigenvalue weighted by Crippen LogP contribution is 2.41. The van der Waals surface area contributed by atoms with Crippen LogP contribution in [0.4, 0.5) is 0 Å². The SMILES string of the molecule is OC[C@@H]1O[C@](O)(n2c3nc4nc(nc5[nH]c(nc6nc(nc2c2ccccc23)-c2ccccc2-6)c2ccccc52)-c2ccccc2-4)[C@@H](O)[C@H](O)[C@@H]1O. The Morgan fingerprint density at radius 3 is 1.40 bits per heavy atom. The Morgan fingerprint density at radius 1 is 0.558 bits per heavy atom. The van der Waals surface area contributed by atoms with Gasteiger partial charge in [-0.25, -0.2) is 29.9 Å². The zero-order chi connectivity index (χ0) is 35.3. The first-order valence-corrected chi connectivity index (χ1v) is 16.6. The van der Waals surface area contributed by atoms with E-state index in [1.165, 1.54) is 0 Å². The molecular formula is C38H28N8O6. The molecule has 256 valence electrons. The predicted molar refractivity (Wildman–Crippen MR) is 190 cm³/mol. The Balaban J connectivity index is 1.44. The van der Waals surface area contributed by atoms with Crippen LogP contribution in [0, 0.1) is 0 Å². The fraction of sp³-hybridized carbons (Fsp3) is 0.158. The molecule has 5 atom stereocenters. The van der Waals surface area contributed by atoms with Crippen molar-refractivity contribution >= 4 is 44.1 Å². The number of benzene rings is 4. The first-order valence-electron chi connectivity index (χ1n) is 16.6. The average Bonchev–Trinajstić information content (AvgIpc) is 3.90. The van der Waals surface area contributed by atoms with Crippen molar-refractivity contribution < 1.29 is 30.3 Å². The van der Waals surface area contributed by atoms with E-state index in [1.54, 1.807) is 24.3 Å². The Labute approximate surface area is 293 Å². The van der Waals surface area contributed by atoms with Gasteiger partial charge in [-0.15, -0.1) is 0 Å². The van der Waals surface area contributed by atoms with Gasteiger partial charge in [-0.2, -0.15) is 0 Å². The van der Waals surface area contributed by atoms with Gasteiger partial charge in [0.2, 0.25) is 0 Å². The van der Waals surface area contributed by atoms with E-state index in [2.05, 4.69) is 4.98 Å². The lowest BCUT2D eigenvalue weighted by atomic mass is 9.96. The van der Waals surface area contributed by atoms with Gasteiger partial charge in [-0.3, -0.25) is 4.57 Å². The number of aromatic amines is 1. The van der Waals surface area contributed by atoms with Crippen LogP contribution in [-0.2, 0) is 10.6 Å². The third-order valence-electron chi connectivity index (χ3n) is 9.87. The van der Waals surface area contributed by atoms with Gasteiger partial charge < -0.3 is 35.3 Å². The minimum atomic E-state index is -2.81. The molecule has 1 fully saturated rings. The summed E-state index contributed by atoms with van der Waals surface area (Å²) in [6.45, 7) is -0.777. The van der Waals surface area contributed by atoms with Crippen LogP contribution < -0.4 is 0 Å². The lowest BCUT2D eigenvalue weighted by Gasteiger charge is -2.45. The van der Waals surface area contributed by atoms with Crippen LogP contribution in [0.25, 0.3) is 89.7 Å². The maximum absolute atomic E-state index is 12.5. The minimum Gasteiger partial charge on any atom is -0.394 e. The number of aromatic nitrogens is 8. The number of ether oxygens (including phenoxy) is 1. The average molecular weight is 693 g/mol. The maximum atomic E-state index is 12.5. The van der Waals surface area contributed by atoms with E-state index in [-0.39, 0.29) is 22.9 Å². The summed E-state index contributed by atoms with van der Waals surface area (Å²) in [6, 6.07) is 29.8. The molecule has 14 nitrogen and oxygen atoms in total. The number of rotatable bonds is 2. The van der Waals surface area contributed by atoms with Gasteiger partial charge in [0, 0.05) is 43.8 Å². The minimum absolute atomic E-state index is 0.0615. The first kappa shape index (κ1) is 30.8. The van der Waals surface area contributed by atoms with E-state index < -0.39 is 36.9 Å². The second kappa shape index (κ2) is 11.2. The third kappa shape index (κ3) is 4.33. The van der Waals surface area contributed by atoms with Crippen LogP contribution in [0.15, 0.2) is 97.1 Å². The molecule has 0 saturated carbocycles. The van der Waals surface area contributed by atoms with Gasteiger partial charge in [0.25, 0.3) is 5.91 Å². The van der Waals surface area contributed by atoms with E-state index in [0.29, 0.717) is 56.0 Å². The van der Waals surface area contributed by atoms with Crippen LogP contribution in [0.5, 0.6) is 0 Å². The molecule has 14 heteroatoms. The molecule has 6 heterocycles. The van der Waals surface area contributed by atoms with E-state index in [9.17, 15) is 25.5 Å². The molecule has 6 N–H and O–H groups in total. The van der Waals surface area contributed by atoms with E-state index >= 15 is 0 Å². The van der Waals surface area contributed by atoms with Gasteiger partial charge in [0.1, 0.15) is 40.9 Å². The van der Waals surface area contributed by atoms with Crippen molar-refractivity contribution in [3.05, 3.63) is 97.1 Å². The van der Waals surface area contributed by atoms with Crippen molar-refractivity contribution in [2.24, 2.45) is 0 Å². The monoisotopic (exact) mass is 692 g/mol. The number of aliphatic hydroxyl groups excluding tert-OH is 4. The maximum Gasteiger partial charge on any atom is 0.286 e. The highest BCUT2D eigenvalue weighted by Gasteiger charge is 2.55. The topological polar surface area (TPSA) is 208 Å². The molecule has 1 saturated heterocycles. The molecule has 0 unspecified atom stereocenters. The number of nitrogens with one attached hydrogen (secondary N) is 1. The van der Waals surface area contributed by atoms with Crippen LogP contribution in [-0.4, -0.2) is 96.0 Å². The van der Waals surface area contributed by atoms with Crippen LogP contribution in [0.1, 0.15) is 0 Å². The lowest BCUT2D eigenvalue weighted by molar-refractivity contribution is -0.388. The molecule has 10 rings (SSSR count). The Hall–Kier alpha value is -6.00. The Morgan fingerprint density at radius 2 is 0.962 bits per heavy atom. The molecule has 0 radical (unpaired) electrons. The van der Waals surface area contributed by atoms with E-state index in [4.69, 9.17) is 34.6 Å². The zero-order valence-electron chi connectivity index (χ0n) is 27.0. The number of aliphatic hydroxyl groups is 5. The van der Waals surface area contributed by atoms with Crippen molar-refractivity contribution in [3.63, 3.8) is 0 Å². The summed E-state index contributed by atoms with van der Waals surface area (Å²) in [7, 11) is 0. The third-order valence-corrected chi connectivity index (χ3v) is 9.87. The number of H-pyrrole nitrogens is 1. The highest BCUT2D eigenvalue weighted by atomic mass is 16.7. The molecule has 0 amide bonds. The van der Waals surface area contributed by atoms with Crippen molar-refractivity contribution in [3.8, 4) is 45.6 Å². The summed E-state index contributed by atoms with van der Waals surface area (Å²) in [5.74, 6) is -1.58. The molecule has 8 bridgehead atoms. The number of hydrogen-bond donors (Lipinski definition) is 6. The summed E-state index contributed by atoms with van der Waals surface area (Å²) in [5, 5.41) is 58.4. The number of hydrogen-bond acceptors (Lipinski definition) is 12. The van der Waals surface area contributed by atoms with E-state index in [0.717, 1.165) is 15.3 Å². The largest absolute Gasteiger partial charge is 0.394 e. The van der Waals surface area contributed by atoms with Gasteiger partial charge >= 0.3 is 0 Å². The Kier molecular flexibility index (Phi) is 6.66. The molecule has 3 aliphatic rings. The molecule has 0 spiro atoms. The van der Waals surface area contributed by atoms with Gasteiger partial charge in [-0.05, 0) is 0 Å². The van der Waals surface area contributed by atoms with Crippen molar-refractivity contribution in [2.75, 3.05) is 6.61 Å². The predicted octanol–water partition coefficient (Wildman–Crippen LogP) is 3.42. The molecule has 3 aliphatic heterocycles. The zero-order valence-corrected chi connectivity index (χ0v) is 27.0. The fourth-order valence-electron chi connectivity index (χ4n) is 7.32. The normalized spacial score (nSPS) is 22.4. The summed E-state index contributed by atoms with van der Waals surface area (Å²) in [6.07, 6.45) is -7.25. The van der Waals surface area contributed by atoms with Crippen LogP contribution >= 0.6 is 0 Å². The molecular weight excluding hydrogens is 664 g/mol. The van der Waals surface area contributed by atoms with Crippen molar-refractivity contribution in [1.82, 2.24) is 39.5 Å². The lowest BCUT2D eigenvalue weighted by Crippen LogP contribution is -2.65. The summed E-state index contributed by atoms with van der Waals surface area (Å²) < 4.78 is 7.08. The van der Waals surface area contributed by atoms with Crippen LogP contribution in [0.3, 0.4) is 0 Å². The van der Waals surface area contributed by atoms with Gasteiger partial charge in [0.05, 0.1) is 6.61 Å². The number of nitrogens with zero attached hydrogens (tertiary/aromatic N) is 7. The van der Waals surface area contributed by atoms with E-state index in [1.807, 2.05) is 72.8 Å². The van der Waals surface area contributed by atoms with Gasteiger partial charge in [0.15, 0.2) is 29.4 Å². The second-order valence-corrected chi connectivity index (χ2v) is 12.9. The molecule has 0 aliphatic carbocycles. The molecule has 3 aromatic heterocycles. The van der Waals surface area contributed by atoms with Crippen molar-refractivity contribution in [2.45, 2.75) is 30.3 Å². The fourth-order valence-corrected chi connectivity index (χ4v) is 7.32. The van der Waals surface area contributed by atoms with Crippen molar-refractivity contribution in [1.29, 1.82) is 0 Å². The molecule has 52 heavy (non-hydrogen) atoms. The molecule has 7 aromatic rings. The Bertz CT molecular complexity index is 2620. The first-order chi connectivity index (χ1) is 25.3. The summed E-state index contributed by atoms with van der Waals surface area (Å²) in [4.78, 5) is 33.2. The molecule has 4 aromatic carbocycles. The van der Waals surface area contributed by atoms with Gasteiger partial charge in [-0.1, -0.05) is 97.1 Å². The highest BCUT2D eigenvalue weighted by molar-refractivity contribution is 6.07. The second-order valence-electron chi connectivity index (χ2n) is 12.9. The summed E-state index contributed by atoms with van der Waals surface area (Å²) >= 11 is 0. The number of fused-ring (bicyclic) bond motifs is 20. The standard InChI is InChI=1S/C38H28N8O6/c47-17-26-27(48)28(49)29(50)38(51,52-26)46-36-24-15-7-8-16-25(24)37(46)45-35-23-14-6-4-12-21(23)33(43-35)41-31-19-10-2-1-9-18(19)30(39-31)40-32-20-11-3-5-13-22(20)34(42-32)44-36/h1-16,26-29,47-51H,17H2,(H,39,40,41,42,43,44,45)/t26-,27+,28+,29-,38-/m0/s1. The quantitative estimate of drug-likeness (QED) is 0.154.